The molecule has 0 fully saturated rings. The Morgan fingerprint density at radius 1 is 1.04 bits per heavy atom. The van der Waals surface area contributed by atoms with E-state index in [9.17, 15) is 9.59 Å². The summed E-state index contributed by atoms with van der Waals surface area (Å²) in [7, 11) is 1.52. The van der Waals surface area contributed by atoms with Gasteiger partial charge in [-0.1, -0.05) is 12.1 Å². The van der Waals surface area contributed by atoms with Crippen LogP contribution in [0.5, 0.6) is 17.2 Å². The molecule has 2 rings (SSSR count). The quantitative estimate of drug-likeness (QED) is 0.552. The van der Waals surface area contributed by atoms with E-state index in [1.165, 1.54) is 14.0 Å². The second-order valence-electron chi connectivity index (χ2n) is 5.72. The number of aryl methyl sites for hydroxylation is 1. The second-order valence-corrected chi connectivity index (χ2v) is 5.72. The van der Waals surface area contributed by atoms with Gasteiger partial charge in [0.1, 0.15) is 23.9 Å². The van der Waals surface area contributed by atoms with Crippen molar-refractivity contribution in [2.45, 2.75) is 13.8 Å². The van der Waals surface area contributed by atoms with Gasteiger partial charge >= 0.3 is 0 Å². The lowest BCUT2D eigenvalue weighted by molar-refractivity contribution is -0.123. The van der Waals surface area contributed by atoms with E-state index in [1.807, 2.05) is 31.2 Å². The van der Waals surface area contributed by atoms with Crippen LogP contribution in [-0.2, 0) is 4.79 Å². The fraction of sp³-hybridized carbons (Fsp3) is 0.300. The molecular formula is C20H23NO5. The molecule has 0 saturated carbocycles. The van der Waals surface area contributed by atoms with Crippen LogP contribution in [0.1, 0.15) is 22.8 Å². The molecule has 2 aromatic rings. The van der Waals surface area contributed by atoms with Gasteiger partial charge in [0.25, 0.3) is 5.91 Å². The monoisotopic (exact) mass is 357 g/mol. The molecule has 6 nitrogen and oxygen atoms in total. The maximum atomic E-state index is 11.9. The Bertz CT molecular complexity index is 773. The van der Waals surface area contributed by atoms with E-state index >= 15 is 0 Å². The van der Waals surface area contributed by atoms with E-state index in [4.69, 9.17) is 14.2 Å². The molecule has 1 amide bonds. The van der Waals surface area contributed by atoms with E-state index < -0.39 is 0 Å². The lowest BCUT2D eigenvalue weighted by atomic mass is 10.1. The highest BCUT2D eigenvalue weighted by Gasteiger charge is 2.12. The molecule has 2 aromatic carbocycles. The molecule has 0 aliphatic carbocycles. The van der Waals surface area contributed by atoms with Gasteiger partial charge in [0.05, 0.1) is 19.2 Å². The molecule has 138 valence electrons. The van der Waals surface area contributed by atoms with Crippen LogP contribution in [0.2, 0.25) is 0 Å². The fourth-order valence-corrected chi connectivity index (χ4v) is 2.30. The van der Waals surface area contributed by atoms with E-state index in [1.54, 1.807) is 18.2 Å². The summed E-state index contributed by atoms with van der Waals surface area (Å²) in [6, 6.07) is 12.6. The average molecular weight is 357 g/mol. The Kier molecular flexibility index (Phi) is 7.02. The predicted octanol–water partition coefficient (Wildman–Crippen LogP) is 2.78. The maximum absolute atomic E-state index is 11.9. The summed E-state index contributed by atoms with van der Waals surface area (Å²) in [4.78, 5) is 23.6. The minimum atomic E-state index is -0.296. The third-order valence-electron chi connectivity index (χ3n) is 3.61. The molecule has 0 aliphatic heterocycles. The summed E-state index contributed by atoms with van der Waals surface area (Å²) in [5, 5.41) is 2.71. The van der Waals surface area contributed by atoms with E-state index in [-0.39, 0.29) is 18.3 Å². The molecule has 0 atom stereocenters. The van der Waals surface area contributed by atoms with Gasteiger partial charge in [-0.2, -0.15) is 0 Å². The van der Waals surface area contributed by atoms with Crippen LogP contribution < -0.4 is 19.5 Å². The summed E-state index contributed by atoms with van der Waals surface area (Å²) in [5.41, 5.74) is 1.51. The SMILES string of the molecule is COc1ccc(C(C)=O)c(OCC(=O)NCCOc2cccc(C)c2)c1. The number of carbonyl (C=O) groups excluding carboxylic acids is 2. The number of rotatable bonds is 9. The van der Waals surface area contributed by atoms with Gasteiger partial charge < -0.3 is 19.5 Å². The highest BCUT2D eigenvalue weighted by molar-refractivity contribution is 5.97. The number of hydrogen-bond acceptors (Lipinski definition) is 5. The molecule has 26 heavy (non-hydrogen) atoms. The first kappa shape index (κ1) is 19.3. The highest BCUT2D eigenvalue weighted by atomic mass is 16.5. The Labute approximate surface area is 153 Å². The lowest BCUT2D eigenvalue weighted by Gasteiger charge is -2.12. The molecule has 1 N–H and O–H groups in total. The zero-order valence-corrected chi connectivity index (χ0v) is 15.2. The maximum Gasteiger partial charge on any atom is 0.258 e. The van der Waals surface area contributed by atoms with Crippen LogP contribution in [0.25, 0.3) is 0 Å². The smallest absolute Gasteiger partial charge is 0.258 e. The number of carbonyl (C=O) groups is 2. The average Bonchev–Trinajstić information content (AvgIpc) is 2.63. The van der Waals surface area contributed by atoms with Crippen molar-refractivity contribution in [1.29, 1.82) is 0 Å². The Morgan fingerprint density at radius 3 is 2.54 bits per heavy atom. The van der Waals surface area contributed by atoms with Crippen molar-refractivity contribution in [3.63, 3.8) is 0 Å². The van der Waals surface area contributed by atoms with Crippen LogP contribution in [0, 0.1) is 6.92 Å². The topological polar surface area (TPSA) is 73.9 Å². The number of nitrogens with one attached hydrogen (secondary N) is 1. The third kappa shape index (κ3) is 5.81. The number of ether oxygens (including phenoxy) is 3. The third-order valence-corrected chi connectivity index (χ3v) is 3.61. The molecule has 0 radical (unpaired) electrons. The van der Waals surface area contributed by atoms with Gasteiger partial charge in [-0.15, -0.1) is 0 Å². The molecule has 0 bridgehead atoms. The van der Waals surface area contributed by atoms with Gasteiger partial charge in [0.2, 0.25) is 0 Å². The zero-order valence-electron chi connectivity index (χ0n) is 15.2. The van der Waals surface area contributed by atoms with E-state index in [0.29, 0.717) is 30.2 Å². The largest absolute Gasteiger partial charge is 0.497 e. The molecule has 0 saturated heterocycles. The first-order valence-corrected chi connectivity index (χ1v) is 8.27. The van der Waals surface area contributed by atoms with Gasteiger partial charge in [0, 0.05) is 6.07 Å². The molecule has 0 aromatic heterocycles. The van der Waals surface area contributed by atoms with Gasteiger partial charge in [-0.05, 0) is 43.7 Å². The highest BCUT2D eigenvalue weighted by Crippen LogP contribution is 2.25. The van der Waals surface area contributed by atoms with Crippen LogP contribution in [0.4, 0.5) is 0 Å². The summed E-state index contributed by atoms with van der Waals surface area (Å²) in [5.74, 6) is 1.20. The molecule has 0 spiro atoms. The van der Waals surface area contributed by atoms with Crippen LogP contribution in [0.3, 0.4) is 0 Å². The van der Waals surface area contributed by atoms with Crippen LogP contribution >= 0.6 is 0 Å². The molecule has 0 unspecified atom stereocenters. The minimum Gasteiger partial charge on any atom is -0.497 e. The Hall–Kier alpha value is -3.02. The predicted molar refractivity (Wildman–Crippen MR) is 98.2 cm³/mol. The number of amides is 1. The number of Topliss-reactive ketones (excluding diaryl/α,β-unsaturated/α-hetero) is 1. The van der Waals surface area contributed by atoms with Crippen LogP contribution in [-0.4, -0.2) is 38.6 Å². The van der Waals surface area contributed by atoms with Crippen molar-refractivity contribution in [3.8, 4) is 17.2 Å². The summed E-state index contributed by atoms with van der Waals surface area (Å²) >= 11 is 0. The van der Waals surface area contributed by atoms with Crippen molar-refractivity contribution < 1.29 is 23.8 Å². The van der Waals surface area contributed by atoms with Crippen molar-refractivity contribution >= 4 is 11.7 Å². The van der Waals surface area contributed by atoms with Crippen molar-refractivity contribution in [3.05, 3.63) is 53.6 Å². The number of benzene rings is 2. The number of ketones is 1. The molecule has 0 heterocycles. The minimum absolute atomic E-state index is 0.144. The molecule has 6 heteroatoms. The van der Waals surface area contributed by atoms with E-state index in [0.717, 1.165) is 11.3 Å². The Balaban J connectivity index is 1.79. The lowest BCUT2D eigenvalue weighted by Crippen LogP contribution is -2.32. The fourth-order valence-electron chi connectivity index (χ4n) is 2.30. The van der Waals surface area contributed by atoms with E-state index in [2.05, 4.69) is 5.32 Å². The summed E-state index contributed by atoms with van der Waals surface area (Å²) in [6.45, 7) is 3.94. The van der Waals surface area contributed by atoms with Gasteiger partial charge in [0.15, 0.2) is 12.4 Å². The van der Waals surface area contributed by atoms with Crippen molar-refractivity contribution in [2.75, 3.05) is 26.9 Å². The van der Waals surface area contributed by atoms with Gasteiger partial charge in [-0.25, -0.2) is 0 Å². The first-order valence-electron chi connectivity index (χ1n) is 8.27. The zero-order chi connectivity index (χ0) is 18.9. The molecular weight excluding hydrogens is 334 g/mol. The van der Waals surface area contributed by atoms with Crippen molar-refractivity contribution in [1.82, 2.24) is 5.32 Å². The van der Waals surface area contributed by atoms with Gasteiger partial charge in [-0.3, -0.25) is 9.59 Å². The number of hydrogen-bond donors (Lipinski definition) is 1. The summed E-state index contributed by atoms with van der Waals surface area (Å²) in [6.07, 6.45) is 0. The number of methoxy groups -OCH3 is 1. The summed E-state index contributed by atoms with van der Waals surface area (Å²) < 4.78 is 16.2. The normalized spacial score (nSPS) is 10.1. The second kappa shape index (κ2) is 9.46. The molecule has 0 aliphatic rings. The first-order chi connectivity index (χ1) is 12.5. The Morgan fingerprint density at radius 2 is 1.85 bits per heavy atom. The van der Waals surface area contributed by atoms with Crippen molar-refractivity contribution in [2.24, 2.45) is 0 Å². The van der Waals surface area contributed by atoms with Crippen LogP contribution in [0.15, 0.2) is 42.5 Å². The standard InChI is InChI=1S/C20H23NO5/c1-14-5-4-6-17(11-14)25-10-9-21-20(23)13-26-19-12-16(24-3)7-8-18(19)15(2)22/h4-8,11-12H,9-10,13H2,1-3H3,(H,21,23).